The summed E-state index contributed by atoms with van der Waals surface area (Å²) in [5, 5.41) is 4.95. The summed E-state index contributed by atoms with van der Waals surface area (Å²) in [4.78, 5) is 4.64. The van der Waals surface area contributed by atoms with Gasteiger partial charge in [0, 0.05) is 28.9 Å². The molecule has 3 heteroatoms. The van der Waals surface area contributed by atoms with E-state index in [-0.39, 0.29) is 0 Å². The summed E-state index contributed by atoms with van der Waals surface area (Å²) >= 11 is 0. The van der Waals surface area contributed by atoms with E-state index in [1.54, 1.807) is 7.11 Å². The Morgan fingerprint density at radius 2 is 1.86 bits per heavy atom. The van der Waals surface area contributed by atoms with Crippen LogP contribution in [0.25, 0.3) is 10.9 Å². The number of anilines is 1. The molecule has 1 aliphatic carbocycles. The maximum absolute atomic E-state index is 5.31. The monoisotopic (exact) mass is 284 g/mol. The maximum atomic E-state index is 5.31. The topological polar surface area (TPSA) is 34.1 Å². The summed E-state index contributed by atoms with van der Waals surface area (Å²) in [6.07, 6.45) is 8.00. The maximum Gasteiger partial charge on any atom is 0.121 e. The molecule has 1 aromatic heterocycles. The molecule has 0 saturated heterocycles. The number of pyridine rings is 1. The van der Waals surface area contributed by atoms with Gasteiger partial charge in [-0.25, -0.2) is 0 Å². The molecule has 0 radical (unpaired) electrons. The van der Waals surface area contributed by atoms with Crippen LogP contribution in [0, 0.1) is 6.92 Å². The van der Waals surface area contributed by atoms with Crippen molar-refractivity contribution in [3.8, 4) is 5.75 Å². The smallest absolute Gasteiger partial charge is 0.121 e. The van der Waals surface area contributed by atoms with Gasteiger partial charge in [0.05, 0.1) is 12.6 Å². The van der Waals surface area contributed by atoms with E-state index in [4.69, 9.17) is 4.74 Å². The quantitative estimate of drug-likeness (QED) is 0.830. The van der Waals surface area contributed by atoms with E-state index < -0.39 is 0 Å². The van der Waals surface area contributed by atoms with Gasteiger partial charge in [0.25, 0.3) is 0 Å². The zero-order valence-electron chi connectivity index (χ0n) is 13.0. The van der Waals surface area contributed by atoms with Gasteiger partial charge in [-0.15, -0.1) is 0 Å². The average Bonchev–Trinajstić information content (AvgIpc) is 2.75. The van der Waals surface area contributed by atoms with Crippen molar-refractivity contribution in [1.29, 1.82) is 0 Å². The predicted molar refractivity (Wildman–Crippen MR) is 88.1 cm³/mol. The van der Waals surface area contributed by atoms with Gasteiger partial charge in [-0.05, 0) is 38.0 Å². The third-order valence-corrected chi connectivity index (χ3v) is 4.36. The third kappa shape index (κ3) is 3.29. The van der Waals surface area contributed by atoms with Gasteiger partial charge < -0.3 is 10.1 Å². The lowest BCUT2D eigenvalue weighted by Crippen LogP contribution is -2.18. The van der Waals surface area contributed by atoms with Crippen LogP contribution in [0.1, 0.15) is 44.2 Å². The molecule has 1 heterocycles. The number of nitrogens with one attached hydrogen (secondary N) is 1. The number of fused-ring (bicyclic) bond motifs is 1. The number of aromatic nitrogens is 1. The molecule has 2 aromatic rings. The molecule has 1 saturated carbocycles. The Labute approximate surface area is 126 Å². The Morgan fingerprint density at radius 3 is 2.57 bits per heavy atom. The summed E-state index contributed by atoms with van der Waals surface area (Å²) in [5.41, 5.74) is 3.27. The van der Waals surface area contributed by atoms with Crippen molar-refractivity contribution in [3.63, 3.8) is 0 Å². The van der Waals surface area contributed by atoms with Crippen molar-refractivity contribution in [2.75, 3.05) is 12.4 Å². The van der Waals surface area contributed by atoms with E-state index >= 15 is 0 Å². The molecule has 112 valence electrons. The first-order valence-electron chi connectivity index (χ1n) is 7.98. The van der Waals surface area contributed by atoms with E-state index in [2.05, 4.69) is 29.4 Å². The molecule has 0 aliphatic heterocycles. The second-order valence-electron chi connectivity index (χ2n) is 6.03. The largest absolute Gasteiger partial charge is 0.497 e. The molecular formula is C18H24N2O. The van der Waals surface area contributed by atoms with Crippen LogP contribution in [0.2, 0.25) is 0 Å². The van der Waals surface area contributed by atoms with Crippen molar-refractivity contribution < 1.29 is 4.74 Å². The normalized spacial score (nSPS) is 16.7. The van der Waals surface area contributed by atoms with Crippen molar-refractivity contribution in [1.82, 2.24) is 4.98 Å². The highest BCUT2D eigenvalue weighted by Gasteiger charge is 2.14. The molecular weight excluding hydrogens is 260 g/mol. The van der Waals surface area contributed by atoms with Gasteiger partial charge in [-0.2, -0.15) is 0 Å². The van der Waals surface area contributed by atoms with Crippen LogP contribution < -0.4 is 10.1 Å². The Morgan fingerprint density at radius 1 is 1.10 bits per heavy atom. The van der Waals surface area contributed by atoms with Crippen LogP contribution in [0.3, 0.4) is 0 Å². The average molecular weight is 284 g/mol. The second kappa shape index (κ2) is 6.33. The lowest BCUT2D eigenvalue weighted by Gasteiger charge is -2.19. The van der Waals surface area contributed by atoms with Crippen molar-refractivity contribution >= 4 is 16.6 Å². The minimum Gasteiger partial charge on any atom is -0.497 e. The second-order valence-corrected chi connectivity index (χ2v) is 6.03. The molecule has 1 fully saturated rings. The minimum atomic E-state index is 0.597. The van der Waals surface area contributed by atoms with E-state index in [0.29, 0.717) is 6.04 Å². The highest BCUT2D eigenvalue weighted by atomic mass is 16.5. The fraction of sp³-hybridized carbons (Fsp3) is 0.500. The summed E-state index contributed by atoms with van der Waals surface area (Å²) in [6.45, 7) is 2.05. The van der Waals surface area contributed by atoms with Crippen LogP contribution in [0.15, 0.2) is 24.3 Å². The van der Waals surface area contributed by atoms with E-state index in [1.165, 1.54) is 49.6 Å². The molecule has 1 aliphatic rings. The summed E-state index contributed by atoms with van der Waals surface area (Å²) in [5.74, 6) is 0.862. The third-order valence-electron chi connectivity index (χ3n) is 4.36. The Bertz CT molecular complexity index is 616. The molecule has 21 heavy (non-hydrogen) atoms. The van der Waals surface area contributed by atoms with Gasteiger partial charge in [0.2, 0.25) is 0 Å². The number of benzene rings is 1. The molecule has 3 rings (SSSR count). The number of hydrogen-bond donors (Lipinski definition) is 1. The molecule has 0 bridgehead atoms. The van der Waals surface area contributed by atoms with E-state index in [0.717, 1.165) is 17.0 Å². The number of methoxy groups -OCH3 is 1. The Balaban J connectivity index is 1.93. The van der Waals surface area contributed by atoms with Gasteiger partial charge in [0.1, 0.15) is 5.75 Å². The van der Waals surface area contributed by atoms with Crippen LogP contribution in [-0.4, -0.2) is 18.1 Å². The van der Waals surface area contributed by atoms with Gasteiger partial charge in [-0.1, -0.05) is 25.7 Å². The van der Waals surface area contributed by atoms with Crippen LogP contribution in [0.4, 0.5) is 5.69 Å². The number of aryl methyl sites for hydroxylation is 1. The molecule has 0 atom stereocenters. The summed E-state index contributed by atoms with van der Waals surface area (Å²) < 4.78 is 5.31. The van der Waals surface area contributed by atoms with Crippen LogP contribution >= 0.6 is 0 Å². The fourth-order valence-electron chi connectivity index (χ4n) is 3.23. The summed E-state index contributed by atoms with van der Waals surface area (Å²) in [6, 6.07) is 8.90. The fourth-order valence-corrected chi connectivity index (χ4v) is 3.23. The predicted octanol–water partition coefficient (Wildman–Crippen LogP) is 4.69. The molecule has 0 spiro atoms. The first-order valence-corrected chi connectivity index (χ1v) is 7.98. The van der Waals surface area contributed by atoms with E-state index in [1.807, 2.05) is 12.1 Å². The van der Waals surface area contributed by atoms with Crippen molar-refractivity contribution in [2.45, 2.75) is 51.5 Å². The van der Waals surface area contributed by atoms with E-state index in [9.17, 15) is 0 Å². The number of nitrogens with zero attached hydrogens (tertiary/aromatic N) is 1. The minimum absolute atomic E-state index is 0.597. The molecule has 3 nitrogen and oxygen atoms in total. The number of rotatable bonds is 3. The Hall–Kier alpha value is -1.77. The van der Waals surface area contributed by atoms with Crippen molar-refractivity contribution in [2.24, 2.45) is 0 Å². The van der Waals surface area contributed by atoms with Crippen LogP contribution in [-0.2, 0) is 0 Å². The number of hydrogen-bond acceptors (Lipinski definition) is 3. The first kappa shape index (κ1) is 14.2. The number of ether oxygens (including phenoxy) is 1. The standard InChI is InChI=1S/C18H24N2O/c1-13-11-17(20-14-7-5-3-4-6-8-14)16-10-9-15(21-2)12-18(16)19-13/h9-12,14H,3-8H2,1-2H3,(H,19,20). The Kier molecular flexibility index (Phi) is 4.28. The van der Waals surface area contributed by atoms with Crippen LogP contribution in [0.5, 0.6) is 5.75 Å². The van der Waals surface area contributed by atoms with Gasteiger partial charge >= 0.3 is 0 Å². The van der Waals surface area contributed by atoms with Gasteiger partial charge in [0.15, 0.2) is 0 Å². The van der Waals surface area contributed by atoms with Gasteiger partial charge in [-0.3, -0.25) is 4.98 Å². The molecule has 0 amide bonds. The zero-order chi connectivity index (χ0) is 14.7. The molecule has 1 aromatic carbocycles. The molecule has 0 unspecified atom stereocenters. The highest BCUT2D eigenvalue weighted by molar-refractivity contribution is 5.92. The van der Waals surface area contributed by atoms with Crippen molar-refractivity contribution in [3.05, 3.63) is 30.0 Å². The SMILES string of the molecule is COc1ccc2c(NC3CCCCCC3)cc(C)nc2c1. The molecule has 1 N–H and O–H groups in total. The lowest BCUT2D eigenvalue weighted by atomic mass is 10.1. The first-order chi connectivity index (χ1) is 10.3. The summed E-state index contributed by atoms with van der Waals surface area (Å²) in [7, 11) is 1.70. The zero-order valence-corrected chi connectivity index (χ0v) is 13.0. The lowest BCUT2D eigenvalue weighted by molar-refractivity contribution is 0.415. The highest BCUT2D eigenvalue weighted by Crippen LogP contribution is 2.29.